The SMILES string of the molecule is CC1(C)CC(NC(=O)CNc2ccc3c(c2)OCO3)CC(C)(C)N1. The number of rotatable bonds is 4. The van der Waals surface area contributed by atoms with Crippen LogP contribution in [0, 0.1) is 0 Å². The second kappa shape index (κ2) is 6.16. The van der Waals surface area contributed by atoms with Crippen molar-refractivity contribution in [2.75, 3.05) is 18.7 Å². The zero-order valence-corrected chi connectivity index (χ0v) is 14.9. The molecule has 6 heteroatoms. The van der Waals surface area contributed by atoms with E-state index in [9.17, 15) is 4.79 Å². The van der Waals surface area contributed by atoms with Gasteiger partial charge in [-0.2, -0.15) is 0 Å². The molecule has 6 nitrogen and oxygen atoms in total. The lowest BCUT2D eigenvalue weighted by molar-refractivity contribution is -0.120. The Bertz CT molecular complexity index is 612. The first-order chi connectivity index (χ1) is 11.2. The van der Waals surface area contributed by atoms with Crippen LogP contribution in [0.25, 0.3) is 0 Å². The third-order valence-corrected chi connectivity index (χ3v) is 4.38. The summed E-state index contributed by atoms with van der Waals surface area (Å²) in [5, 5.41) is 9.92. The van der Waals surface area contributed by atoms with E-state index in [1.807, 2.05) is 18.2 Å². The fraction of sp³-hybridized carbons (Fsp3) is 0.611. The Labute approximate surface area is 143 Å². The molecule has 1 saturated heterocycles. The average molecular weight is 333 g/mol. The van der Waals surface area contributed by atoms with Crippen LogP contribution in [-0.2, 0) is 4.79 Å². The van der Waals surface area contributed by atoms with Crippen molar-refractivity contribution in [1.82, 2.24) is 10.6 Å². The highest BCUT2D eigenvalue weighted by molar-refractivity contribution is 5.81. The molecular weight excluding hydrogens is 306 g/mol. The maximum absolute atomic E-state index is 12.3. The number of piperidine rings is 1. The van der Waals surface area contributed by atoms with Crippen molar-refractivity contribution in [3.63, 3.8) is 0 Å². The molecule has 1 aromatic rings. The first-order valence-corrected chi connectivity index (χ1v) is 8.45. The molecule has 0 aliphatic carbocycles. The molecule has 1 amide bonds. The minimum absolute atomic E-state index is 0.00571. The zero-order valence-electron chi connectivity index (χ0n) is 14.9. The van der Waals surface area contributed by atoms with E-state index in [1.165, 1.54) is 0 Å². The van der Waals surface area contributed by atoms with Crippen molar-refractivity contribution in [1.29, 1.82) is 0 Å². The molecule has 0 radical (unpaired) electrons. The van der Waals surface area contributed by atoms with Gasteiger partial charge in [-0.05, 0) is 52.7 Å². The second-order valence-electron chi connectivity index (χ2n) is 7.99. The molecule has 0 atom stereocenters. The van der Waals surface area contributed by atoms with Crippen molar-refractivity contribution in [3.05, 3.63) is 18.2 Å². The van der Waals surface area contributed by atoms with Gasteiger partial charge in [0.1, 0.15) is 0 Å². The molecule has 0 bridgehead atoms. The van der Waals surface area contributed by atoms with Gasteiger partial charge >= 0.3 is 0 Å². The summed E-state index contributed by atoms with van der Waals surface area (Å²) in [6.45, 7) is 9.21. The van der Waals surface area contributed by atoms with E-state index in [2.05, 4.69) is 43.6 Å². The lowest BCUT2D eigenvalue weighted by Crippen LogP contribution is -2.62. The Morgan fingerprint density at radius 3 is 2.54 bits per heavy atom. The molecule has 2 heterocycles. The van der Waals surface area contributed by atoms with E-state index in [4.69, 9.17) is 9.47 Å². The summed E-state index contributed by atoms with van der Waals surface area (Å²) in [6.07, 6.45) is 1.85. The second-order valence-corrected chi connectivity index (χ2v) is 7.99. The maximum Gasteiger partial charge on any atom is 0.239 e. The molecule has 3 rings (SSSR count). The van der Waals surface area contributed by atoms with Crippen LogP contribution in [0.1, 0.15) is 40.5 Å². The number of amides is 1. The molecule has 2 aliphatic heterocycles. The van der Waals surface area contributed by atoms with E-state index in [-0.39, 0.29) is 36.4 Å². The van der Waals surface area contributed by atoms with Gasteiger partial charge in [0, 0.05) is 28.9 Å². The van der Waals surface area contributed by atoms with Crippen LogP contribution in [0.2, 0.25) is 0 Å². The fourth-order valence-corrected chi connectivity index (χ4v) is 3.89. The summed E-state index contributed by atoms with van der Waals surface area (Å²) >= 11 is 0. The Morgan fingerprint density at radius 1 is 1.17 bits per heavy atom. The molecule has 1 aromatic carbocycles. The van der Waals surface area contributed by atoms with Crippen LogP contribution in [-0.4, -0.2) is 36.4 Å². The van der Waals surface area contributed by atoms with Crippen LogP contribution in [0.3, 0.4) is 0 Å². The summed E-state index contributed by atoms with van der Waals surface area (Å²) in [7, 11) is 0. The first-order valence-electron chi connectivity index (χ1n) is 8.45. The van der Waals surface area contributed by atoms with Gasteiger partial charge in [0.15, 0.2) is 11.5 Å². The molecule has 1 fully saturated rings. The van der Waals surface area contributed by atoms with Gasteiger partial charge in [-0.1, -0.05) is 0 Å². The number of ether oxygens (including phenoxy) is 2. The summed E-state index contributed by atoms with van der Waals surface area (Å²) < 4.78 is 10.6. The molecule has 0 saturated carbocycles. The van der Waals surface area contributed by atoms with E-state index >= 15 is 0 Å². The third kappa shape index (κ3) is 4.12. The Balaban J connectivity index is 1.52. The Hall–Kier alpha value is -1.95. The number of nitrogens with one attached hydrogen (secondary N) is 3. The highest BCUT2D eigenvalue weighted by Crippen LogP contribution is 2.34. The third-order valence-electron chi connectivity index (χ3n) is 4.38. The van der Waals surface area contributed by atoms with E-state index in [1.54, 1.807) is 0 Å². The van der Waals surface area contributed by atoms with Crippen molar-refractivity contribution < 1.29 is 14.3 Å². The van der Waals surface area contributed by atoms with Gasteiger partial charge in [0.2, 0.25) is 12.7 Å². The van der Waals surface area contributed by atoms with E-state index < -0.39 is 0 Å². The predicted octanol–water partition coefficient (Wildman–Crippen LogP) is 2.25. The fourth-order valence-electron chi connectivity index (χ4n) is 3.89. The first kappa shape index (κ1) is 16.9. The largest absolute Gasteiger partial charge is 0.454 e. The molecular formula is C18H27N3O3. The topological polar surface area (TPSA) is 71.6 Å². The summed E-state index contributed by atoms with van der Waals surface area (Å²) in [5.74, 6) is 1.46. The predicted molar refractivity (Wildman–Crippen MR) is 93.5 cm³/mol. The average Bonchev–Trinajstić information content (AvgIpc) is 2.89. The van der Waals surface area contributed by atoms with Crippen LogP contribution < -0.4 is 25.4 Å². The van der Waals surface area contributed by atoms with Gasteiger partial charge in [-0.15, -0.1) is 0 Å². The van der Waals surface area contributed by atoms with E-state index in [0.29, 0.717) is 5.75 Å². The smallest absolute Gasteiger partial charge is 0.239 e. The molecule has 0 unspecified atom stereocenters. The van der Waals surface area contributed by atoms with Crippen molar-refractivity contribution >= 4 is 11.6 Å². The number of carbonyl (C=O) groups is 1. The van der Waals surface area contributed by atoms with Crippen LogP contribution >= 0.6 is 0 Å². The standard InChI is InChI=1S/C18H27N3O3/c1-17(2)8-13(9-18(3,4)21-17)20-16(22)10-19-12-5-6-14-15(7-12)24-11-23-14/h5-7,13,19,21H,8-11H2,1-4H3,(H,20,22). The molecule has 2 aliphatic rings. The van der Waals surface area contributed by atoms with Gasteiger partial charge in [0.05, 0.1) is 6.54 Å². The highest BCUT2D eigenvalue weighted by Gasteiger charge is 2.38. The van der Waals surface area contributed by atoms with Crippen LogP contribution in [0.4, 0.5) is 5.69 Å². The minimum atomic E-state index is 0.00571. The number of carbonyl (C=O) groups excluding carboxylic acids is 1. The molecule has 24 heavy (non-hydrogen) atoms. The minimum Gasteiger partial charge on any atom is -0.454 e. The number of fused-ring (bicyclic) bond motifs is 1. The Kier molecular flexibility index (Phi) is 4.34. The van der Waals surface area contributed by atoms with Gasteiger partial charge in [-0.3, -0.25) is 4.79 Å². The van der Waals surface area contributed by atoms with E-state index in [0.717, 1.165) is 24.3 Å². The Morgan fingerprint density at radius 2 is 1.83 bits per heavy atom. The number of benzene rings is 1. The monoisotopic (exact) mass is 333 g/mol. The van der Waals surface area contributed by atoms with Crippen molar-refractivity contribution in [2.24, 2.45) is 0 Å². The summed E-state index contributed by atoms with van der Waals surface area (Å²) in [6, 6.07) is 5.77. The zero-order chi connectivity index (χ0) is 17.4. The summed E-state index contributed by atoms with van der Waals surface area (Å²) in [5.41, 5.74) is 0.884. The number of hydrogen-bond acceptors (Lipinski definition) is 5. The lowest BCUT2D eigenvalue weighted by Gasteiger charge is -2.46. The molecule has 3 N–H and O–H groups in total. The van der Waals surface area contributed by atoms with Gasteiger partial charge < -0.3 is 25.4 Å². The van der Waals surface area contributed by atoms with Gasteiger partial charge in [0.25, 0.3) is 0 Å². The lowest BCUT2D eigenvalue weighted by atomic mass is 9.79. The summed E-state index contributed by atoms with van der Waals surface area (Å²) in [4.78, 5) is 12.3. The number of hydrogen-bond donors (Lipinski definition) is 3. The molecule has 0 aromatic heterocycles. The van der Waals surface area contributed by atoms with Crippen molar-refractivity contribution in [2.45, 2.75) is 57.7 Å². The quantitative estimate of drug-likeness (QED) is 0.788. The number of anilines is 1. The van der Waals surface area contributed by atoms with Crippen LogP contribution in [0.5, 0.6) is 11.5 Å². The molecule has 0 spiro atoms. The molecule has 132 valence electrons. The maximum atomic E-state index is 12.3. The normalized spacial score (nSPS) is 21.3. The van der Waals surface area contributed by atoms with Gasteiger partial charge in [-0.25, -0.2) is 0 Å². The highest BCUT2D eigenvalue weighted by atomic mass is 16.7. The van der Waals surface area contributed by atoms with Crippen LogP contribution in [0.15, 0.2) is 18.2 Å². The van der Waals surface area contributed by atoms with Crippen molar-refractivity contribution in [3.8, 4) is 11.5 Å².